The Morgan fingerprint density at radius 2 is 1.80 bits per heavy atom. The normalized spacial score (nSPS) is 10.5. The van der Waals surface area contributed by atoms with Crippen LogP contribution in [0.3, 0.4) is 0 Å². The van der Waals surface area contributed by atoms with E-state index >= 15 is 0 Å². The largest absolute Gasteiger partial charge is 0.324 e. The highest BCUT2D eigenvalue weighted by Crippen LogP contribution is 2.24. The predicted molar refractivity (Wildman–Crippen MR) is 94.0 cm³/mol. The molecule has 0 aliphatic carbocycles. The Morgan fingerprint density at radius 1 is 1.08 bits per heavy atom. The number of hydrogen-bond donors (Lipinski definition) is 1. The van der Waals surface area contributed by atoms with E-state index in [0.29, 0.717) is 22.0 Å². The van der Waals surface area contributed by atoms with Gasteiger partial charge >= 0.3 is 0 Å². The Kier molecular flexibility index (Phi) is 4.90. The second kappa shape index (κ2) is 7.27. The second-order valence-electron chi connectivity index (χ2n) is 5.25. The summed E-state index contributed by atoms with van der Waals surface area (Å²) in [7, 11) is 0. The summed E-state index contributed by atoms with van der Waals surface area (Å²) in [4.78, 5) is 24.1. The molecule has 126 valence electrons. The van der Waals surface area contributed by atoms with Crippen LogP contribution in [0.25, 0.3) is 11.3 Å². The molecule has 0 atom stereocenters. The Labute approximate surface area is 147 Å². The van der Waals surface area contributed by atoms with E-state index in [1.807, 2.05) is 0 Å². The molecule has 0 spiro atoms. The average molecular weight is 358 g/mol. The van der Waals surface area contributed by atoms with Crippen molar-refractivity contribution in [1.82, 2.24) is 9.78 Å². The minimum Gasteiger partial charge on any atom is -0.324 e. The summed E-state index contributed by atoms with van der Waals surface area (Å²) in [5, 5.41) is 7.28. The van der Waals surface area contributed by atoms with Crippen LogP contribution in [0.15, 0.2) is 65.5 Å². The van der Waals surface area contributed by atoms with Crippen LogP contribution in [0.1, 0.15) is 0 Å². The van der Waals surface area contributed by atoms with Gasteiger partial charge in [0, 0.05) is 17.3 Å². The van der Waals surface area contributed by atoms with Crippen LogP contribution in [-0.4, -0.2) is 15.7 Å². The highest BCUT2D eigenvalue weighted by molar-refractivity contribution is 6.33. The van der Waals surface area contributed by atoms with Crippen LogP contribution in [0.2, 0.25) is 5.02 Å². The number of rotatable bonds is 4. The fourth-order valence-electron chi connectivity index (χ4n) is 2.24. The van der Waals surface area contributed by atoms with E-state index < -0.39 is 17.3 Å². The number of aromatic nitrogens is 2. The molecule has 0 radical (unpaired) electrons. The van der Waals surface area contributed by atoms with Gasteiger partial charge in [-0.15, -0.1) is 0 Å². The number of benzene rings is 2. The third-order valence-corrected chi connectivity index (χ3v) is 3.77. The molecule has 5 nitrogen and oxygen atoms in total. The molecule has 1 amide bonds. The fraction of sp³-hybridized carbons (Fsp3) is 0.0556. The van der Waals surface area contributed by atoms with Crippen LogP contribution in [0.4, 0.5) is 10.1 Å². The van der Waals surface area contributed by atoms with E-state index in [0.717, 1.165) is 4.68 Å². The topological polar surface area (TPSA) is 64.0 Å². The van der Waals surface area contributed by atoms with Crippen molar-refractivity contribution in [3.8, 4) is 11.3 Å². The number of nitrogens with one attached hydrogen (secondary N) is 1. The van der Waals surface area contributed by atoms with Crippen molar-refractivity contribution in [1.29, 1.82) is 0 Å². The van der Waals surface area contributed by atoms with Gasteiger partial charge in [-0.25, -0.2) is 9.07 Å². The van der Waals surface area contributed by atoms with Gasteiger partial charge in [-0.2, -0.15) is 5.10 Å². The van der Waals surface area contributed by atoms with Gasteiger partial charge in [-0.3, -0.25) is 9.59 Å². The first-order valence-electron chi connectivity index (χ1n) is 7.41. The molecule has 2 aromatic carbocycles. The molecule has 0 saturated carbocycles. The fourth-order valence-corrected chi connectivity index (χ4v) is 2.48. The van der Waals surface area contributed by atoms with Crippen molar-refractivity contribution in [3.63, 3.8) is 0 Å². The molecule has 1 heterocycles. The monoisotopic (exact) mass is 357 g/mol. The minimum absolute atomic E-state index is 0.269. The van der Waals surface area contributed by atoms with Gasteiger partial charge in [0.1, 0.15) is 12.4 Å². The summed E-state index contributed by atoms with van der Waals surface area (Å²) in [5.74, 6) is -0.846. The van der Waals surface area contributed by atoms with Crippen LogP contribution in [0, 0.1) is 5.82 Å². The summed E-state index contributed by atoms with van der Waals surface area (Å²) >= 11 is 6.14. The van der Waals surface area contributed by atoms with Crippen LogP contribution < -0.4 is 10.9 Å². The number of carbonyl (C=O) groups is 1. The summed E-state index contributed by atoms with van der Waals surface area (Å²) in [6.07, 6.45) is 0. The van der Waals surface area contributed by atoms with E-state index in [1.165, 1.54) is 30.3 Å². The number of nitrogens with zero attached hydrogens (tertiary/aromatic N) is 2. The van der Waals surface area contributed by atoms with Gasteiger partial charge in [0.25, 0.3) is 5.56 Å². The summed E-state index contributed by atoms with van der Waals surface area (Å²) in [6.45, 7) is -0.269. The molecule has 1 aromatic heterocycles. The highest BCUT2D eigenvalue weighted by Gasteiger charge is 2.10. The number of anilines is 1. The van der Waals surface area contributed by atoms with E-state index in [2.05, 4.69) is 10.4 Å². The molecule has 3 rings (SSSR count). The van der Waals surface area contributed by atoms with Crippen molar-refractivity contribution in [2.75, 3.05) is 5.32 Å². The van der Waals surface area contributed by atoms with Crippen LogP contribution in [0.5, 0.6) is 0 Å². The number of carbonyl (C=O) groups excluding carboxylic acids is 1. The summed E-state index contributed by atoms with van der Waals surface area (Å²) in [6, 6.07) is 15.3. The number of halogens is 2. The summed E-state index contributed by atoms with van der Waals surface area (Å²) < 4.78 is 13.9. The Bertz CT molecular complexity index is 971. The summed E-state index contributed by atoms with van der Waals surface area (Å²) in [5.41, 5.74) is 1.17. The van der Waals surface area contributed by atoms with Gasteiger partial charge < -0.3 is 5.32 Å². The van der Waals surface area contributed by atoms with Crippen molar-refractivity contribution in [2.45, 2.75) is 6.54 Å². The third-order valence-electron chi connectivity index (χ3n) is 3.44. The molecule has 0 saturated heterocycles. The van der Waals surface area contributed by atoms with Crippen molar-refractivity contribution < 1.29 is 9.18 Å². The van der Waals surface area contributed by atoms with Gasteiger partial charge in [0.2, 0.25) is 5.91 Å². The number of hydrogen-bond acceptors (Lipinski definition) is 3. The third kappa shape index (κ3) is 4.10. The molecule has 3 aromatic rings. The van der Waals surface area contributed by atoms with Crippen molar-refractivity contribution in [3.05, 3.63) is 81.9 Å². The highest BCUT2D eigenvalue weighted by atomic mass is 35.5. The van der Waals surface area contributed by atoms with Crippen molar-refractivity contribution in [2.24, 2.45) is 0 Å². The zero-order valence-electron chi connectivity index (χ0n) is 12.9. The second-order valence-corrected chi connectivity index (χ2v) is 5.66. The van der Waals surface area contributed by atoms with Crippen LogP contribution in [-0.2, 0) is 11.3 Å². The maximum Gasteiger partial charge on any atom is 0.267 e. The smallest absolute Gasteiger partial charge is 0.267 e. The van der Waals surface area contributed by atoms with Gasteiger partial charge in [0.05, 0.1) is 10.7 Å². The minimum atomic E-state index is -0.447. The molecule has 0 unspecified atom stereocenters. The molecule has 0 fully saturated rings. The van der Waals surface area contributed by atoms with E-state index in [-0.39, 0.29) is 6.54 Å². The van der Waals surface area contributed by atoms with Crippen molar-refractivity contribution >= 4 is 23.2 Å². The first-order valence-corrected chi connectivity index (χ1v) is 7.79. The van der Waals surface area contributed by atoms with Crippen LogP contribution >= 0.6 is 11.6 Å². The van der Waals surface area contributed by atoms with Gasteiger partial charge in [0.15, 0.2) is 0 Å². The molecular formula is C18H13ClFN3O2. The predicted octanol–water partition coefficient (Wildman–Crippen LogP) is 3.34. The molecule has 0 bridgehead atoms. The molecule has 0 aliphatic heterocycles. The quantitative estimate of drug-likeness (QED) is 0.778. The molecule has 1 N–H and O–H groups in total. The maximum absolute atomic E-state index is 12.9. The first kappa shape index (κ1) is 16.9. The lowest BCUT2D eigenvalue weighted by Crippen LogP contribution is -2.29. The Morgan fingerprint density at radius 3 is 2.52 bits per heavy atom. The van der Waals surface area contributed by atoms with Gasteiger partial charge in [-0.05, 0) is 36.4 Å². The lowest BCUT2D eigenvalue weighted by Gasteiger charge is -2.09. The Balaban J connectivity index is 1.81. The van der Waals surface area contributed by atoms with E-state index in [9.17, 15) is 14.0 Å². The Hall–Kier alpha value is -2.99. The van der Waals surface area contributed by atoms with E-state index in [1.54, 1.807) is 30.3 Å². The number of amides is 1. The zero-order chi connectivity index (χ0) is 17.8. The maximum atomic E-state index is 12.9. The zero-order valence-corrected chi connectivity index (χ0v) is 13.7. The molecular weight excluding hydrogens is 345 g/mol. The SMILES string of the molecule is O=C(Cn1nc(-c2ccccc2Cl)ccc1=O)Nc1ccc(F)cc1. The standard InChI is InChI=1S/C18H13ClFN3O2/c19-15-4-2-1-3-14(15)16-9-10-18(25)23(22-16)11-17(24)21-13-7-5-12(20)6-8-13/h1-10H,11H2,(H,21,24). The lowest BCUT2D eigenvalue weighted by atomic mass is 10.1. The molecule has 7 heteroatoms. The molecule has 25 heavy (non-hydrogen) atoms. The lowest BCUT2D eigenvalue weighted by molar-refractivity contribution is -0.117. The molecule has 0 aliphatic rings. The average Bonchev–Trinajstić information content (AvgIpc) is 2.59. The van der Waals surface area contributed by atoms with E-state index in [4.69, 9.17) is 11.6 Å². The van der Waals surface area contributed by atoms with Gasteiger partial charge in [-0.1, -0.05) is 29.8 Å². The first-order chi connectivity index (χ1) is 12.0.